The van der Waals surface area contributed by atoms with Crippen LogP contribution < -0.4 is 10.6 Å². The van der Waals surface area contributed by atoms with E-state index in [1.807, 2.05) is 73.1 Å². The van der Waals surface area contributed by atoms with E-state index in [1.165, 1.54) is 0 Å². The van der Waals surface area contributed by atoms with Crippen LogP contribution in [0.25, 0.3) is 11.0 Å². The molecule has 7 heteroatoms. The SMILES string of the molecule is CC(C)n1ncc2cc(NC(=O)CC(NC(=O)c3ccccc3)c3ccccc3)cnc21. The van der Waals surface area contributed by atoms with E-state index in [0.717, 1.165) is 16.6 Å². The molecule has 0 aliphatic rings. The second-order valence-electron chi connectivity index (χ2n) is 7.87. The van der Waals surface area contributed by atoms with Crippen molar-refractivity contribution < 1.29 is 9.59 Å². The summed E-state index contributed by atoms with van der Waals surface area (Å²) in [7, 11) is 0. The highest BCUT2D eigenvalue weighted by molar-refractivity contribution is 5.96. The number of carbonyl (C=O) groups is 2. The lowest BCUT2D eigenvalue weighted by Crippen LogP contribution is -2.31. The van der Waals surface area contributed by atoms with Gasteiger partial charge in [-0.2, -0.15) is 5.10 Å². The third kappa shape index (κ3) is 4.83. The maximum absolute atomic E-state index is 12.9. The van der Waals surface area contributed by atoms with E-state index >= 15 is 0 Å². The van der Waals surface area contributed by atoms with Crippen LogP contribution in [0.1, 0.15) is 48.3 Å². The average molecular weight is 428 g/mol. The molecule has 0 bridgehead atoms. The van der Waals surface area contributed by atoms with E-state index in [-0.39, 0.29) is 24.3 Å². The minimum Gasteiger partial charge on any atom is -0.345 e. The molecular weight excluding hydrogens is 402 g/mol. The second-order valence-corrected chi connectivity index (χ2v) is 7.87. The summed E-state index contributed by atoms with van der Waals surface area (Å²) in [6.45, 7) is 4.08. The van der Waals surface area contributed by atoms with E-state index in [4.69, 9.17) is 0 Å². The molecule has 0 fully saturated rings. The van der Waals surface area contributed by atoms with Gasteiger partial charge in [0, 0.05) is 17.0 Å². The fourth-order valence-corrected chi connectivity index (χ4v) is 3.55. The van der Waals surface area contributed by atoms with E-state index in [9.17, 15) is 9.59 Å². The lowest BCUT2D eigenvalue weighted by molar-refractivity contribution is -0.116. The van der Waals surface area contributed by atoms with E-state index in [1.54, 1.807) is 24.5 Å². The molecule has 4 rings (SSSR count). The molecule has 0 saturated heterocycles. The molecule has 162 valence electrons. The molecule has 7 nitrogen and oxygen atoms in total. The number of nitrogens with zero attached hydrogens (tertiary/aromatic N) is 3. The number of rotatable bonds is 7. The zero-order valence-corrected chi connectivity index (χ0v) is 18.0. The van der Waals surface area contributed by atoms with E-state index in [2.05, 4.69) is 20.7 Å². The summed E-state index contributed by atoms with van der Waals surface area (Å²) < 4.78 is 1.84. The maximum atomic E-state index is 12.9. The molecule has 32 heavy (non-hydrogen) atoms. The predicted molar refractivity (Wildman–Crippen MR) is 124 cm³/mol. The summed E-state index contributed by atoms with van der Waals surface area (Å²) in [6.07, 6.45) is 3.46. The van der Waals surface area contributed by atoms with Crippen LogP contribution in [0.4, 0.5) is 5.69 Å². The molecule has 1 unspecified atom stereocenters. The number of carbonyl (C=O) groups excluding carboxylic acids is 2. The van der Waals surface area contributed by atoms with Gasteiger partial charge in [0.25, 0.3) is 5.91 Å². The molecule has 2 aromatic carbocycles. The van der Waals surface area contributed by atoms with Gasteiger partial charge in [-0.1, -0.05) is 48.5 Å². The van der Waals surface area contributed by atoms with Gasteiger partial charge in [-0.15, -0.1) is 0 Å². The molecule has 2 amide bonds. The van der Waals surface area contributed by atoms with Crippen LogP contribution >= 0.6 is 0 Å². The third-order valence-corrected chi connectivity index (χ3v) is 5.14. The summed E-state index contributed by atoms with van der Waals surface area (Å²) in [6, 6.07) is 20.0. The average Bonchev–Trinajstić information content (AvgIpc) is 3.23. The first-order valence-corrected chi connectivity index (χ1v) is 10.5. The van der Waals surface area contributed by atoms with Crippen molar-refractivity contribution in [2.45, 2.75) is 32.4 Å². The Balaban J connectivity index is 1.50. The van der Waals surface area contributed by atoms with Gasteiger partial charge in [0.15, 0.2) is 5.65 Å². The zero-order chi connectivity index (χ0) is 22.5. The van der Waals surface area contributed by atoms with Crippen LogP contribution in [-0.4, -0.2) is 26.6 Å². The number of hydrogen-bond donors (Lipinski definition) is 2. The molecule has 4 aromatic rings. The van der Waals surface area contributed by atoms with Crippen molar-refractivity contribution >= 4 is 28.5 Å². The maximum Gasteiger partial charge on any atom is 0.251 e. The van der Waals surface area contributed by atoms with E-state index < -0.39 is 6.04 Å². The van der Waals surface area contributed by atoms with Crippen molar-refractivity contribution in [2.75, 3.05) is 5.32 Å². The minimum atomic E-state index is -0.468. The van der Waals surface area contributed by atoms with Gasteiger partial charge in [-0.3, -0.25) is 9.59 Å². The van der Waals surface area contributed by atoms with E-state index in [0.29, 0.717) is 11.3 Å². The van der Waals surface area contributed by atoms with Crippen LogP contribution in [0, 0.1) is 0 Å². The molecule has 0 aliphatic carbocycles. The molecule has 2 N–H and O–H groups in total. The van der Waals surface area contributed by atoms with Crippen LogP contribution in [0.15, 0.2) is 79.1 Å². The number of fused-ring (bicyclic) bond motifs is 1. The topological polar surface area (TPSA) is 88.9 Å². The Kier molecular flexibility index (Phi) is 6.26. The van der Waals surface area contributed by atoms with Crippen LogP contribution in [0.3, 0.4) is 0 Å². The minimum absolute atomic E-state index is 0.0892. The molecule has 0 spiro atoms. The standard InChI is InChI=1S/C25H25N5O2/c1-17(2)30-24-20(15-27-30)13-21(16-26-24)28-23(31)14-22(18-9-5-3-6-10-18)29-25(32)19-11-7-4-8-12-19/h3-13,15-17,22H,14H2,1-2H3,(H,28,31)(H,29,32). The number of pyridine rings is 1. The van der Waals surface area contributed by atoms with Crippen molar-refractivity contribution in [2.24, 2.45) is 0 Å². The van der Waals surface area contributed by atoms with Crippen molar-refractivity contribution in [3.05, 3.63) is 90.3 Å². The number of hydrogen-bond acceptors (Lipinski definition) is 4. The third-order valence-electron chi connectivity index (χ3n) is 5.14. The number of amides is 2. The molecule has 0 radical (unpaired) electrons. The van der Waals surface area contributed by atoms with Crippen LogP contribution in [0.2, 0.25) is 0 Å². The number of benzene rings is 2. The first-order valence-electron chi connectivity index (χ1n) is 10.5. The highest BCUT2D eigenvalue weighted by Crippen LogP contribution is 2.21. The summed E-state index contributed by atoms with van der Waals surface area (Å²) in [5, 5.41) is 11.1. The van der Waals surface area contributed by atoms with Crippen molar-refractivity contribution in [3.8, 4) is 0 Å². The number of nitrogens with one attached hydrogen (secondary N) is 2. The Bertz CT molecular complexity index is 1220. The van der Waals surface area contributed by atoms with Gasteiger partial charge in [0.2, 0.25) is 5.91 Å². The summed E-state index contributed by atoms with van der Waals surface area (Å²) in [5.41, 5.74) is 2.77. The molecule has 0 saturated carbocycles. The first-order chi connectivity index (χ1) is 15.5. The lowest BCUT2D eigenvalue weighted by atomic mass is 10.0. The van der Waals surface area contributed by atoms with Gasteiger partial charge in [0.1, 0.15) is 0 Å². The van der Waals surface area contributed by atoms with Gasteiger partial charge in [0.05, 0.1) is 30.5 Å². The Morgan fingerprint density at radius 3 is 2.34 bits per heavy atom. The van der Waals surface area contributed by atoms with Crippen molar-refractivity contribution in [3.63, 3.8) is 0 Å². The van der Waals surface area contributed by atoms with Crippen LogP contribution in [0.5, 0.6) is 0 Å². The monoisotopic (exact) mass is 427 g/mol. The normalized spacial score (nSPS) is 12.0. The fourth-order valence-electron chi connectivity index (χ4n) is 3.55. The number of anilines is 1. The largest absolute Gasteiger partial charge is 0.345 e. The summed E-state index contributed by atoms with van der Waals surface area (Å²) in [5.74, 6) is -0.443. The first kappa shape index (κ1) is 21.2. The lowest BCUT2D eigenvalue weighted by Gasteiger charge is -2.19. The summed E-state index contributed by atoms with van der Waals surface area (Å²) >= 11 is 0. The van der Waals surface area contributed by atoms with Gasteiger partial charge < -0.3 is 10.6 Å². The van der Waals surface area contributed by atoms with Gasteiger partial charge >= 0.3 is 0 Å². The highest BCUT2D eigenvalue weighted by Gasteiger charge is 2.20. The van der Waals surface area contributed by atoms with Gasteiger partial charge in [-0.05, 0) is 37.6 Å². The molecular formula is C25H25N5O2. The molecule has 2 aromatic heterocycles. The Morgan fingerprint density at radius 1 is 0.969 bits per heavy atom. The smallest absolute Gasteiger partial charge is 0.251 e. The Hall–Kier alpha value is -4.00. The molecule has 2 heterocycles. The quantitative estimate of drug-likeness (QED) is 0.454. The number of aromatic nitrogens is 3. The highest BCUT2D eigenvalue weighted by atomic mass is 16.2. The summed E-state index contributed by atoms with van der Waals surface area (Å²) in [4.78, 5) is 30.0. The molecule has 0 aliphatic heterocycles. The Labute approximate surface area is 186 Å². The second kappa shape index (κ2) is 9.43. The van der Waals surface area contributed by atoms with Crippen molar-refractivity contribution in [1.82, 2.24) is 20.1 Å². The van der Waals surface area contributed by atoms with Gasteiger partial charge in [-0.25, -0.2) is 9.67 Å². The van der Waals surface area contributed by atoms with Crippen LogP contribution in [-0.2, 0) is 4.79 Å². The molecule has 1 atom stereocenters. The zero-order valence-electron chi connectivity index (χ0n) is 18.0. The Morgan fingerprint density at radius 2 is 1.66 bits per heavy atom. The fraction of sp³-hybridized carbons (Fsp3) is 0.200. The van der Waals surface area contributed by atoms with Crippen molar-refractivity contribution in [1.29, 1.82) is 0 Å². The predicted octanol–water partition coefficient (Wildman–Crippen LogP) is 4.51.